The topological polar surface area (TPSA) is 93.1 Å². The van der Waals surface area contributed by atoms with Crippen molar-refractivity contribution in [2.24, 2.45) is 0 Å². The molecule has 1 aromatic carbocycles. The molecular formula is C18H22N4O3S. The number of carbonyl (C=O) groups excluding carboxylic acids is 1. The number of sulfonamides is 1. The van der Waals surface area contributed by atoms with Gasteiger partial charge in [-0.15, -0.1) is 0 Å². The highest BCUT2D eigenvalue weighted by molar-refractivity contribution is 7.90. The first-order valence-corrected chi connectivity index (χ1v) is 10.4. The van der Waals surface area contributed by atoms with Crippen LogP contribution in [0.4, 0.5) is 10.5 Å². The third-order valence-corrected chi connectivity index (χ3v) is 6.32. The van der Waals surface area contributed by atoms with Crippen LogP contribution in [0.5, 0.6) is 0 Å². The van der Waals surface area contributed by atoms with Gasteiger partial charge in [0, 0.05) is 17.9 Å². The Morgan fingerprint density at radius 3 is 2.54 bits per heavy atom. The molecule has 8 heteroatoms. The zero-order valence-electron chi connectivity index (χ0n) is 14.9. The Labute approximate surface area is 152 Å². The predicted octanol–water partition coefficient (Wildman–Crippen LogP) is 2.56. The van der Waals surface area contributed by atoms with E-state index in [1.54, 1.807) is 10.9 Å². The lowest BCUT2D eigenvalue weighted by molar-refractivity contribution is 0.256. The minimum atomic E-state index is -4.01. The second-order valence-electron chi connectivity index (χ2n) is 7.17. The highest BCUT2D eigenvalue weighted by Gasteiger charge is 2.28. The molecule has 2 N–H and O–H groups in total. The van der Waals surface area contributed by atoms with Crippen molar-refractivity contribution in [3.63, 3.8) is 0 Å². The summed E-state index contributed by atoms with van der Waals surface area (Å²) in [6, 6.07) is 2.93. The third-order valence-electron chi connectivity index (χ3n) is 5.10. The molecule has 0 aliphatic heterocycles. The summed E-state index contributed by atoms with van der Waals surface area (Å²) in [7, 11) is -4.01. The number of amides is 2. The van der Waals surface area contributed by atoms with Crippen LogP contribution < -0.4 is 10.0 Å². The van der Waals surface area contributed by atoms with E-state index in [-0.39, 0.29) is 11.1 Å². The number of hydrogen-bond donors (Lipinski definition) is 2. The Morgan fingerprint density at radius 2 is 1.88 bits per heavy atom. The van der Waals surface area contributed by atoms with E-state index in [9.17, 15) is 13.2 Å². The number of aryl methyl sites for hydroxylation is 2. The van der Waals surface area contributed by atoms with Crippen LogP contribution in [-0.2, 0) is 35.7 Å². The molecule has 0 saturated heterocycles. The Balaban J connectivity index is 1.55. The number of urea groups is 1. The molecule has 7 nitrogen and oxygen atoms in total. The molecule has 2 aromatic rings. The quantitative estimate of drug-likeness (QED) is 0.860. The second-order valence-corrected chi connectivity index (χ2v) is 8.80. The van der Waals surface area contributed by atoms with Crippen LogP contribution in [0.15, 0.2) is 23.4 Å². The van der Waals surface area contributed by atoms with E-state index in [4.69, 9.17) is 0 Å². The van der Waals surface area contributed by atoms with E-state index >= 15 is 0 Å². The van der Waals surface area contributed by atoms with E-state index in [0.717, 1.165) is 48.9 Å². The summed E-state index contributed by atoms with van der Waals surface area (Å²) >= 11 is 0. The number of carbonyl (C=O) groups is 1. The lowest BCUT2D eigenvalue weighted by Crippen LogP contribution is -2.35. The van der Waals surface area contributed by atoms with E-state index < -0.39 is 16.1 Å². The molecule has 138 valence electrons. The van der Waals surface area contributed by atoms with Crippen LogP contribution in [0.25, 0.3) is 0 Å². The molecule has 1 heterocycles. The van der Waals surface area contributed by atoms with Crippen molar-refractivity contribution >= 4 is 21.7 Å². The van der Waals surface area contributed by atoms with Gasteiger partial charge in [0.1, 0.15) is 0 Å². The summed E-state index contributed by atoms with van der Waals surface area (Å²) in [4.78, 5) is 12.4. The zero-order valence-corrected chi connectivity index (χ0v) is 15.7. The van der Waals surface area contributed by atoms with Crippen LogP contribution in [0.2, 0.25) is 0 Å². The molecule has 0 radical (unpaired) electrons. The molecule has 0 atom stereocenters. The lowest BCUT2D eigenvalue weighted by atomic mass is 9.83. The van der Waals surface area contributed by atoms with E-state index in [1.165, 1.54) is 17.2 Å². The van der Waals surface area contributed by atoms with Gasteiger partial charge in [0.25, 0.3) is 10.0 Å². The van der Waals surface area contributed by atoms with Gasteiger partial charge in [-0.1, -0.05) is 6.07 Å². The molecule has 0 unspecified atom stereocenters. The second kappa shape index (κ2) is 6.12. The Bertz CT molecular complexity index is 992. The van der Waals surface area contributed by atoms with Crippen molar-refractivity contribution in [1.29, 1.82) is 0 Å². The molecule has 4 rings (SSSR count). The molecule has 2 aliphatic rings. The first kappa shape index (κ1) is 17.1. The number of hydrogen-bond acceptors (Lipinski definition) is 4. The van der Waals surface area contributed by atoms with Gasteiger partial charge in [0.15, 0.2) is 5.03 Å². The average molecular weight is 374 g/mol. The van der Waals surface area contributed by atoms with Crippen molar-refractivity contribution in [1.82, 2.24) is 14.5 Å². The predicted molar refractivity (Wildman–Crippen MR) is 97.8 cm³/mol. The van der Waals surface area contributed by atoms with Gasteiger partial charge in [0.2, 0.25) is 0 Å². The monoisotopic (exact) mass is 374 g/mol. The van der Waals surface area contributed by atoms with Crippen LogP contribution in [-0.4, -0.2) is 24.2 Å². The molecule has 26 heavy (non-hydrogen) atoms. The van der Waals surface area contributed by atoms with Crippen molar-refractivity contribution in [3.8, 4) is 0 Å². The minimum absolute atomic E-state index is 0.0403. The maximum Gasteiger partial charge on any atom is 0.333 e. The Hall–Kier alpha value is -2.35. The van der Waals surface area contributed by atoms with Crippen molar-refractivity contribution < 1.29 is 13.2 Å². The number of nitrogens with one attached hydrogen (secondary N) is 2. The van der Waals surface area contributed by atoms with E-state index in [1.807, 2.05) is 13.8 Å². The maximum atomic E-state index is 12.4. The van der Waals surface area contributed by atoms with Gasteiger partial charge in [-0.25, -0.2) is 9.52 Å². The zero-order chi connectivity index (χ0) is 18.5. The van der Waals surface area contributed by atoms with Gasteiger partial charge in [-0.2, -0.15) is 13.5 Å². The van der Waals surface area contributed by atoms with Crippen molar-refractivity contribution in [2.45, 2.75) is 57.0 Å². The molecule has 0 saturated carbocycles. The van der Waals surface area contributed by atoms with Gasteiger partial charge >= 0.3 is 6.03 Å². The first-order chi connectivity index (χ1) is 12.3. The molecule has 2 amide bonds. The van der Waals surface area contributed by atoms with Crippen molar-refractivity contribution in [2.75, 3.05) is 5.32 Å². The maximum absolute atomic E-state index is 12.4. The molecular weight excluding hydrogens is 352 g/mol. The molecule has 0 fully saturated rings. The number of benzene rings is 1. The van der Waals surface area contributed by atoms with E-state index in [0.29, 0.717) is 0 Å². The Morgan fingerprint density at radius 1 is 1.15 bits per heavy atom. The van der Waals surface area contributed by atoms with Gasteiger partial charge in [-0.3, -0.25) is 4.68 Å². The smallest absolute Gasteiger partial charge is 0.307 e. The van der Waals surface area contributed by atoms with Crippen LogP contribution in [0, 0.1) is 0 Å². The molecule has 0 spiro atoms. The summed E-state index contributed by atoms with van der Waals surface area (Å²) in [5.74, 6) is 0. The normalized spacial score (nSPS) is 15.3. The van der Waals surface area contributed by atoms with Crippen LogP contribution >= 0.6 is 0 Å². The number of fused-ring (bicyclic) bond motifs is 2. The highest BCUT2D eigenvalue weighted by atomic mass is 32.2. The highest BCUT2D eigenvalue weighted by Crippen LogP contribution is 2.39. The number of anilines is 1. The van der Waals surface area contributed by atoms with Crippen LogP contribution in [0.1, 0.15) is 48.6 Å². The number of rotatable bonds is 4. The van der Waals surface area contributed by atoms with Gasteiger partial charge < -0.3 is 5.32 Å². The summed E-state index contributed by atoms with van der Waals surface area (Å²) in [6.07, 6.45) is 6.53. The largest absolute Gasteiger partial charge is 0.333 e. The minimum Gasteiger partial charge on any atom is -0.307 e. The fraction of sp³-hybridized carbons (Fsp3) is 0.444. The average Bonchev–Trinajstić information content (AvgIpc) is 3.19. The SMILES string of the molecule is CC(C)n1ccc(S(=O)(=O)NC(=O)Nc2c3c(cc4c2CC4)CCC3)n1. The standard InChI is InChI=1S/C18H22N4O3S/c1-11(2)22-9-8-16(20-22)26(24,25)21-18(23)19-17-14-5-3-4-12(14)10-13-6-7-15(13)17/h8-11H,3-7H2,1-2H3,(H2,19,21,23). The summed E-state index contributed by atoms with van der Waals surface area (Å²) < 4.78 is 28.5. The summed E-state index contributed by atoms with van der Waals surface area (Å²) in [6.45, 7) is 3.80. The fourth-order valence-corrected chi connectivity index (χ4v) is 4.50. The lowest BCUT2D eigenvalue weighted by Gasteiger charge is -2.26. The fourth-order valence-electron chi connectivity index (χ4n) is 3.66. The summed E-state index contributed by atoms with van der Waals surface area (Å²) in [5, 5.41) is 6.66. The van der Waals surface area contributed by atoms with E-state index in [2.05, 4.69) is 21.2 Å². The molecule has 1 aromatic heterocycles. The number of aromatic nitrogens is 2. The first-order valence-electron chi connectivity index (χ1n) is 8.90. The molecule has 0 bridgehead atoms. The molecule has 2 aliphatic carbocycles. The Kier molecular flexibility index (Phi) is 4.02. The summed E-state index contributed by atoms with van der Waals surface area (Å²) in [5.41, 5.74) is 5.64. The van der Waals surface area contributed by atoms with Crippen LogP contribution in [0.3, 0.4) is 0 Å². The van der Waals surface area contributed by atoms with Crippen molar-refractivity contribution in [3.05, 3.63) is 40.6 Å². The number of nitrogens with zero attached hydrogens (tertiary/aromatic N) is 2. The van der Waals surface area contributed by atoms with Gasteiger partial charge in [-0.05, 0) is 74.3 Å². The third kappa shape index (κ3) is 2.88. The van der Waals surface area contributed by atoms with Gasteiger partial charge in [0.05, 0.1) is 0 Å².